The van der Waals surface area contributed by atoms with E-state index in [1.165, 1.54) is 27.8 Å². The summed E-state index contributed by atoms with van der Waals surface area (Å²) in [7, 11) is 0. The summed E-state index contributed by atoms with van der Waals surface area (Å²) in [4.78, 5) is 0. The van der Waals surface area contributed by atoms with Crippen molar-refractivity contribution < 1.29 is 0 Å². The lowest BCUT2D eigenvalue weighted by Crippen LogP contribution is -2.16. The molecule has 0 bridgehead atoms. The molecule has 0 aliphatic carbocycles. The summed E-state index contributed by atoms with van der Waals surface area (Å²) >= 11 is 0. The number of rotatable bonds is 1. The van der Waals surface area contributed by atoms with Crippen LogP contribution in [0, 0.1) is 6.92 Å². The summed E-state index contributed by atoms with van der Waals surface area (Å²) in [5.41, 5.74) is 7.17. The van der Waals surface area contributed by atoms with E-state index >= 15 is 0 Å². The molecule has 0 aromatic heterocycles. The lowest BCUT2D eigenvalue weighted by atomic mass is 9.78. The highest BCUT2D eigenvalue weighted by molar-refractivity contribution is 5.69. The van der Waals surface area contributed by atoms with Gasteiger partial charge in [0.15, 0.2) is 0 Å². The normalized spacial score (nSPS) is 12.5. The average Bonchev–Trinajstić information content (AvgIpc) is 2.36. The molecule has 0 N–H and O–H groups in total. The van der Waals surface area contributed by atoms with Gasteiger partial charge in [0.25, 0.3) is 0 Å². The van der Waals surface area contributed by atoms with Gasteiger partial charge in [-0.1, -0.05) is 84.0 Å². The first kappa shape index (κ1) is 15.8. The minimum Gasteiger partial charge on any atom is -0.0620 e. The fourth-order valence-electron chi connectivity index (χ4n) is 2.55. The van der Waals surface area contributed by atoms with Crippen molar-refractivity contribution in [2.24, 2.45) is 0 Å². The molecule has 2 aromatic rings. The predicted molar refractivity (Wildman–Crippen MR) is 94.0 cm³/mol. The number of hydrogen-bond donors (Lipinski definition) is 0. The van der Waals surface area contributed by atoms with Crippen molar-refractivity contribution in [3.63, 3.8) is 0 Å². The molecule has 0 aliphatic rings. The van der Waals surface area contributed by atoms with Gasteiger partial charge in [0.1, 0.15) is 0 Å². The van der Waals surface area contributed by atoms with Gasteiger partial charge >= 0.3 is 0 Å². The van der Waals surface area contributed by atoms with Crippen LogP contribution in [0.2, 0.25) is 0 Å². The smallest absolute Gasteiger partial charge is 0.0132 e. The number of aryl methyl sites for hydroxylation is 1. The van der Waals surface area contributed by atoms with Crippen molar-refractivity contribution in [1.82, 2.24) is 0 Å². The zero-order chi connectivity index (χ0) is 15.8. The molecule has 0 unspecified atom stereocenters. The first-order valence-electron chi connectivity index (χ1n) is 7.81. The van der Waals surface area contributed by atoms with E-state index in [9.17, 15) is 0 Å². The van der Waals surface area contributed by atoms with Gasteiger partial charge in [-0.15, -0.1) is 0 Å². The number of benzene rings is 2. The third-order valence-corrected chi connectivity index (χ3v) is 4.12. The van der Waals surface area contributed by atoms with Crippen LogP contribution in [0.25, 0.3) is 11.1 Å². The van der Waals surface area contributed by atoms with E-state index in [4.69, 9.17) is 0 Å². The molecule has 0 saturated carbocycles. The van der Waals surface area contributed by atoms with E-state index in [0.29, 0.717) is 0 Å². The Labute approximate surface area is 130 Å². The van der Waals surface area contributed by atoms with E-state index in [-0.39, 0.29) is 10.8 Å². The van der Waals surface area contributed by atoms with Gasteiger partial charge in [0.2, 0.25) is 0 Å². The molecule has 2 rings (SSSR count). The van der Waals surface area contributed by atoms with E-state index in [0.717, 1.165) is 0 Å². The molecule has 0 radical (unpaired) electrons. The quantitative estimate of drug-likeness (QED) is 0.578. The molecule has 112 valence electrons. The fourth-order valence-corrected chi connectivity index (χ4v) is 2.55. The zero-order valence-corrected chi connectivity index (χ0v) is 14.5. The van der Waals surface area contributed by atoms with E-state index in [1.54, 1.807) is 0 Å². The van der Waals surface area contributed by atoms with Crippen molar-refractivity contribution in [3.05, 3.63) is 59.2 Å². The Morgan fingerprint density at radius 3 is 1.57 bits per heavy atom. The first-order chi connectivity index (χ1) is 9.59. The maximum atomic E-state index is 2.38. The molecule has 0 aliphatic heterocycles. The largest absolute Gasteiger partial charge is 0.0620 e. The second-order valence-electron chi connectivity index (χ2n) is 8.11. The monoisotopic (exact) mass is 280 g/mol. The fraction of sp³-hybridized carbons (Fsp3) is 0.429. The summed E-state index contributed by atoms with van der Waals surface area (Å²) in [6.07, 6.45) is 0. The van der Waals surface area contributed by atoms with Gasteiger partial charge < -0.3 is 0 Å². The summed E-state index contributed by atoms with van der Waals surface area (Å²) < 4.78 is 0. The molecule has 0 heterocycles. The van der Waals surface area contributed by atoms with Crippen LogP contribution in [-0.2, 0) is 10.8 Å². The minimum absolute atomic E-state index is 0.165. The maximum Gasteiger partial charge on any atom is -0.0132 e. The standard InChI is InChI=1S/C21H28/c1-15-10-8-9-11-19(15)16-12-17(20(2,3)4)14-18(13-16)21(5,6)7/h8-14H,1-7H3. The predicted octanol–water partition coefficient (Wildman–Crippen LogP) is 6.26. The summed E-state index contributed by atoms with van der Waals surface area (Å²) in [5.74, 6) is 0. The molecule has 0 nitrogen and oxygen atoms in total. The van der Waals surface area contributed by atoms with Crippen LogP contribution in [0.3, 0.4) is 0 Å². The SMILES string of the molecule is Cc1ccccc1-c1cc(C(C)(C)C)cc(C(C)(C)C)c1. The Hall–Kier alpha value is -1.56. The first-order valence-corrected chi connectivity index (χ1v) is 7.81. The van der Waals surface area contributed by atoms with Crippen molar-refractivity contribution in [2.75, 3.05) is 0 Å². The third-order valence-electron chi connectivity index (χ3n) is 4.12. The van der Waals surface area contributed by atoms with Crippen LogP contribution >= 0.6 is 0 Å². The van der Waals surface area contributed by atoms with Gasteiger partial charge in [-0.05, 0) is 45.6 Å². The van der Waals surface area contributed by atoms with Gasteiger partial charge in [0.05, 0.1) is 0 Å². The van der Waals surface area contributed by atoms with Crippen LogP contribution in [0.15, 0.2) is 42.5 Å². The Bertz CT molecular complexity index is 602. The molecular weight excluding hydrogens is 252 g/mol. The van der Waals surface area contributed by atoms with Gasteiger partial charge in [-0.3, -0.25) is 0 Å². The maximum absolute atomic E-state index is 2.38. The Kier molecular flexibility index (Phi) is 4.02. The number of hydrogen-bond acceptors (Lipinski definition) is 0. The molecule has 0 atom stereocenters. The van der Waals surface area contributed by atoms with Gasteiger partial charge in [-0.2, -0.15) is 0 Å². The topological polar surface area (TPSA) is 0 Å². The lowest BCUT2D eigenvalue weighted by molar-refractivity contribution is 0.569. The van der Waals surface area contributed by atoms with Crippen LogP contribution < -0.4 is 0 Å². The molecule has 2 aromatic carbocycles. The van der Waals surface area contributed by atoms with Crippen LogP contribution in [0.5, 0.6) is 0 Å². The zero-order valence-electron chi connectivity index (χ0n) is 14.5. The average molecular weight is 280 g/mol. The molecule has 0 spiro atoms. The van der Waals surface area contributed by atoms with Crippen molar-refractivity contribution in [1.29, 1.82) is 0 Å². The summed E-state index contributed by atoms with van der Waals surface area (Å²) in [6.45, 7) is 15.9. The molecular formula is C21H28. The highest BCUT2D eigenvalue weighted by atomic mass is 14.3. The highest BCUT2D eigenvalue weighted by Crippen LogP contribution is 2.34. The molecule has 0 heteroatoms. The Balaban J connectivity index is 2.70. The van der Waals surface area contributed by atoms with E-state index < -0.39 is 0 Å². The van der Waals surface area contributed by atoms with Crippen LogP contribution in [0.1, 0.15) is 58.2 Å². The molecule has 0 saturated heterocycles. The highest BCUT2D eigenvalue weighted by Gasteiger charge is 2.21. The molecule has 0 fully saturated rings. The van der Waals surface area contributed by atoms with E-state index in [1.807, 2.05) is 0 Å². The Morgan fingerprint density at radius 1 is 0.667 bits per heavy atom. The summed E-state index contributed by atoms with van der Waals surface area (Å²) in [6, 6.07) is 15.7. The van der Waals surface area contributed by atoms with E-state index in [2.05, 4.69) is 90.9 Å². The van der Waals surface area contributed by atoms with Crippen LogP contribution in [0.4, 0.5) is 0 Å². The van der Waals surface area contributed by atoms with Gasteiger partial charge in [-0.25, -0.2) is 0 Å². The van der Waals surface area contributed by atoms with Crippen molar-refractivity contribution >= 4 is 0 Å². The summed E-state index contributed by atoms with van der Waals surface area (Å²) in [5, 5.41) is 0. The van der Waals surface area contributed by atoms with Crippen molar-refractivity contribution in [3.8, 4) is 11.1 Å². The third kappa shape index (κ3) is 3.56. The Morgan fingerprint density at radius 2 is 1.14 bits per heavy atom. The molecule has 0 amide bonds. The minimum atomic E-state index is 0.165. The van der Waals surface area contributed by atoms with Crippen molar-refractivity contribution in [2.45, 2.75) is 59.3 Å². The van der Waals surface area contributed by atoms with Crippen LogP contribution in [-0.4, -0.2) is 0 Å². The molecule has 21 heavy (non-hydrogen) atoms. The lowest BCUT2D eigenvalue weighted by Gasteiger charge is -2.26. The van der Waals surface area contributed by atoms with Gasteiger partial charge in [0, 0.05) is 0 Å². The second kappa shape index (κ2) is 5.33. The second-order valence-corrected chi connectivity index (χ2v) is 8.11.